The molecular formula is C21H22O6. The Morgan fingerprint density at radius 3 is 2.41 bits per heavy atom. The number of benzene rings is 2. The molecule has 0 spiro atoms. The number of allylic oxidation sites excluding steroid dienone is 2. The van der Waals surface area contributed by atoms with Crippen molar-refractivity contribution in [2.75, 3.05) is 21.3 Å². The predicted molar refractivity (Wildman–Crippen MR) is 104 cm³/mol. The van der Waals surface area contributed by atoms with Gasteiger partial charge in [0, 0.05) is 11.6 Å². The molecule has 142 valence electrons. The minimum atomic E-state index is -0.342. The summed E-state index contributed by atoms with van der Waals surface area (Å²) in [6, 6.07) is 4.85. The predicted octanol–water partition coefficient (Wildman–Crippen LogP) is 4.19. The van der Waals surface area contributed by atoms with Crippen LogP contribution < -0.4 is 19.6 Å². The van der Waals surface area contributed by atoms with Crippen molar-refractivity contribution in [3.05, 3.63) is 45.6 Å². The Morgan fingerprint density at radius 2 is 1.81 bits per heavy atom. The second kappa shape index (κ2) is 7.23. The quantitative estimate of drug-likeness (QED) is 0.536. The lowest BCUT2D eigenvalue weighted by Crippen LogP contribution is -2.06. The number of phenolic OH excluding ortho intramolecular Hbond substituents is 1. The molecule has 2 aromatic carbocycles. The molecule has 6 heteroatoms. The average molecular weight is 370 g/mol. The molecule has 0 radical (unpaired) electrons. The molecule has 0 saturated heterocycles. The molecule has 0 amide bonds. The van der Waals surface area contributed by atoms with Crippen LogP contribution in [0.4, 0.5) is 0 Å². The van der Waals surface area contributed by atoms with Gasteiger partial charge in [-0.05, 0) is 32.4 Å². The number of phenols is 1. The van der Waals surface area contributed by atoms with Gasteiger partial charge >= 0.3 is 0 Å². The summed E-state index contributed by atoms with van der Waals surface area (Å²) in [5, 5.41) is 11.2. The highest BCUT2D eigenvalue weighted by molar-refractivity contribution is 5.97. The first-order chi connectivity index (χ1) is 12.9. The van der Waals surface area contributed by atoms with E-state index in [4.69, 9.17) is 18.6 Å². The fourth-order valence-electron chi connectivity index (χ4n) is 3.07. The monoisotopic (exact) mass is 370 g/mol. The molecule has 0 saturated carbocycles. The summed E-state index contributed by atoms with van der Waals surface area (Å²) in [6.07, 6.45) is 2.40. The third-order valence-corrected chi connectivity index (χ3v) is 4.45. The van der Waals surface area contributed by atoms with Crippen molar-refractivity contribution in [2.45, 2.75) is 20.3 Å². The topological polar surface area (TPSA) is 78.1 Å². The minimum absolute atomic E-state index is 0.118. The summed E-state index contributed by atoms with van der Waals surface area (Å²) < 4.78 is 22.0. The molecule has 0 aliphatic heterocycles. The Labute approximate surface area is 156 Å². The lowest BCUT2D eigenvalue weighted by molar-refractivity contribution is 0.354. The van der Waals surface area contributed by atoms with E-state index < -0.39 is 0 Å². The minimum Gasteiger partial charge on any atom is -0.507 e. The van der Waals surface area contributed by atoms with Gasteiger partial charge in [0.25, 0.3) is 0 Å². The Morgan fingerprint density at radius 1 is 1.11 bits per heavy atom. The third kappa shape index (κ3) is 3.07. The molecule has 1 aromatic heterocycles. The number of aromatic hydroxyl groups is 1. The number of hydrogen-bond acceptors (Lipinski definition) is 6. The second-order valence-electron chi connectivity index (χ2n) is 6.37. The van der Waals surface area contributed by atoms with E-state index in [1.54, 1.807) is 18.2 Å². The summed E-state index contributed by atoms with van der Waals surface area (Å²) in [5.74, 6) is 1.08. The Balaban J connectivity index is 2.43. The van der Waals surface area contributed by atoms with Crippen LogP contribution in [0.15, 0.2) is 39.1 Å². The number of rotatable bonds is 5. The highest BCUT2D eigenvalue weighted by Gasteiger charge is 2.21. The molecule has 27 heavy (non-hydrogen) atoms. The molecule has 0 fully saturated rings. The van der Waals surface area contributed by atoms with Crippen molar-refractivity contribution in [2.24, 2.45) is 0 Å². The maximum Gasteiger partial charge on any atom is 0.204 e. The van der Waals surface area contributed by atoms with Gasteiger partial charge in [0.15, 0.2) is 11.3 Å². The zero-order valence-electron chi connectivity index (χ0n) is 16.0. The summed E-state index contributed by atoms with van der Waals surface area (Å²) in [6.45, 7) is 3.93. The molecule has 0 atom stereocenters. The maximum absolute atomic E-state index is 13.1. The fraction of sp³-hybridized carbons (Fsp3) is 0.286. The summed E-state index contributed by atoms with van der Waals surface area (Å²) in [5.41, 5.74) is 1.77. The van der Waals surface area contributed by atoms with Gasteiger partial charge in [-0.1, -0.05) is 11.6 Å². The van der Waals surface area contributed by atoms with Crippen molar-refractivity contribution in [1.29, 1.82) is 0 Å². The van der Waals surface area contributed by atoms with Crippen LogP contribution >= 0.6 is 0 Å². The number of ether oxygens (including phenoxy) is 3. The van der Waals surface area contributed by atoms with Crippen molar-refractivity contribution >= 4 is 21.9 Å². The van der Waals surface area contributed by atoms with Gasteiger partial charge in [-0.2, -0.15) is 0 Å². The molecule has 0 aliphatic carbocycles. The van der Waals surface area contributed by atoms with Gasteiger partial charge in [-0.25, -0.2) is 0 Å². The molecule has 3 aromatic rings. The Bertz CT molecular complexity index is 1100. The summed E-state index contributed by atoms with van der Waals surface area (Å²) >= 11 is 0. The van der Waals surface area contributed by atoms with Gasteiger partial charge in [0.1, 0.15) is 22.5 Å². The second-order valence-corrected chi connectivity index (χ2v) is 6.37. The van der Waals surface area contributed by atoms with Gasteiger partial charge in [0.2, 0.25) is 11.2 Å². The maximum atomic E-state index is 13.1. The van der Waals surface area contributed by atoms with Gasteiger partial charge in [-0.15, -0.1) is 0 Å². The lowest BCUT2D eigenvalue weighted by Gasteiger charge is -2.14. The molecule has 1 heterocycles. The van der Waals surface area contributed by atoms with Crippen LogP contribution in [0.25, 0.3) is 21.9 Å². The first-order valence-corrected chi connectivity index (χ1v) is 8.46. The lowest BCUT2D eigenvalue weighted by atomic mass is 10.0. The van der Waals surface area contributed by atoms with Crippen molar-refractivity contribution in [3.8, 4) is 23.0 Å². The molecule has 1 N–H and O–H groups in total. The van der Waals surface area contributed by atoms with Crippen LogP contribution in [0.3, 0.4) is 0 Å². The van der Waals surface area contributed by atoms with Gasteiger partial charge in [0.05, 0.1) is 26.7 Å². The van der Waals surface area contributed by atoms with Crippen LogP contribution in [0, 0.1) is 0 Å². The van der Waals surface area contributed by atoms with Crippen LogP contribution in [0.1, 0.15) is 19.4 Å². The van der Waals surface area contributed by atoms with Crippen LogP contribution in [-0.4, -0.2) is 26.4 Å². The van der Waals surface area contributed by atoms with Gasteiger partial charge in [-0.3, -0.25) is 4.79 Å². The van der Waals surface area contributed by atoms with E-state index in [9.17, 15) is 9.90 Å². The van der Waals surface area contributed by atoms with Crippen LogP contribution in [-0.2, 0) is 6.42 Å². The van der Waals surface area contributed by atoms with E-state index in [0.29, 0.717) is 34.6 Å². The zero-order valence-corrected chi connectivity index (χ0v) is 16.0. The van der Waals surface area contributed by atoms with E-state index in [0.717, 1.165) is 5.57 Å². The highest BCUT2D eigenvalue weighted by atomic mass is 16.5. The van der Waals surface area contributed by atoms with Crippen molar-refractivity contribution in [1.82, 2.24) is 0 Å². The van der Waals surface area contributed by atoms with E-state index in [1.165, 1.54) is 21.3 Å². The van der Waals surface area contributed by atoms with Crippen molar-refractivity contribution in [3.63, 3.8) is 0 Å². The molecule has 6 nitrogen and oxygen atoms in total. The SMILES string of the molecule is COc1cc2oc3c(OC)c(OC)ccc3c(=O)c2c(O)c1CC=C(C)C. The molecule has 0 unspecified atom stereocenters. The van der Waals surface area contributed by atoms with Crippen molar-refractivity contribution < 1.29 is 23.7 Å². The largest absolute Gasteiger partial charge is 0.507 e. The third-order valence-electron chi connectivity index (χ3n) is 4.45. The number of fused-ring (bicyclic) bond motifs is 2. The van der Waals surface area contributed by atoms with Gasteiger partial charge < -0.3 is 23.7 Å². The molecule has 0 aliphatic rings. The highest BCUT2D eigenvalue weighted by Crippen LogP contribution is 2.40. The van der Waals surface area contributed by atoms with Crippen LogP contribution in [0.5, 0.6) is 23.0 Å². The normalized spacial score (nSPS) is 10.9. The van der Waals surface area contributed by atoms with E-state index in [1.807, 2.05) is 19.9 Å². The smallest absolute Gasteiger partial charge is 0.204 e. The average Bonchev–Trinajstić information content (AvgIpc) is 2.65. The van der Waals surface area contributed by atoms with E-state index >= 15 is 0 Å². The first-order valence-electron chi connectivity index (χ1n) is 8.46. The zero-order chi connectivity index (χ0) is 19.7. The summed E-state index contributed by atoms with van der Waals surface area (Å²) in [7, 11) is 4.49. The standard InChI is InChI=1S/C21H22O6/c1-11(2)6-7-12-15(25-4)10-16-17(18(12)22)19(23)13-8-9-14(24-3)21(26-5)20(13)27-16/h6,8-10,22H,7H2,1-5H3. The Kier molecular flexibility index (Phi) is 4.99. The number of hydrogen-bond donors (Lipinski definition) is 1. The van der Waals surface area contributed by atoms with E-state index in [-0.39, 0.29) is 27.7 Å². The molecule has 0 bridgehead atoms. The fourth-order valence-corrected chi connectivity index (χ4v) is 3.07. The first kappa shape index (κ1) is 18.6. The van der Waals surface area contributed by atoms with E-state index in [2.05, 4.69) is 0 Å². The Hall–Kier alpha value is -3.15. The number of methoxy groups -OCH3 is 3. The molecular weight excluding hydrogens is 348 g/mol. The molecule has 3 rings (SSSR count). The summed E-state index contributed by atoms with van der Waals surface area (Å²) in [4.78, 5) is 13.1. The van der Waals surface area contributed by atoms with Crippen LogP contribution in [0.2, 0.25) is 0 Å².